The van der Waals surface area contributed by atoms with Crippen molar-refractivity contribution < 1.29 is 14.4 Å². The van der Waals surface area contributed by atoms with E-state index in [4.69, 9.17) is 14.9 Å². The number of carbonyl (C=O) groups excluding carboxylic acids is 1. The lowest BCUT2D eigenvalue weighted by Gasteiger charge is -2.36. The molecule has 174 valence electrons. The van der Waals surface area contributed by atoms with Gasteiger partial charge in [-0.25, -0.2) is 5.48 Å². The molecule has 2 aromatic heterocycles. The van der Waals surface area contributed by atoms with E-state index >= 15 is 0 Å². The van der Waals surface area contributed by atoms with E-state index in [0.717, 1.165) is 74.0 Å². The molecule has 1 saturated heterocycles. The summed E-state index contributed by atoms with van der Waals surface area (Å²) < 4.78 is 5.48. The highest BCUT2D eigenvalue weighted by Crippen LogP contribution is 2.26. The van der Waals surface area contributed by atoms with Gasteiger partial charge in [0.15, 0.2) is 5.76 Å². The Bertz CT molecular complexity index is 1360. The van der Waals surface area contributed by atoms with Gasteiger partial charge < -0.3 is 14.3 Å². The van der Waals surface area contributed by atoms with E-state index < -0.39 is 5.91 Å². The summed E-state index contributed by atoms with van der Waals surface area (Å²) in [7, 11) is 0. The van der Waals surface area contributed by atoms with E-state index in [-0.39, 0.29) is 5.76 Å². The third-order valence-corrected chi connectivity index (χ3v) is 6.63. The summed E-state index contributed by atoms with van der Waals surface area (Å²) in [6.07, 6.45) is 5.34. The van der Waals surface area contributed by atoms with Crippen LogP contribution >= 0.6 is 0 Å². The number of H-pyrrole nitrogens is 1. The molecular weight excluding hydrogens is 430 g/mol. The smallest absolute Gasteiger partial charge is 0.310 e. The molecule has 0 unspecified atom stereocenters. The zero-order chi connectivity index (χ0) is 23.5. The summed E-state index contributed by atoms with van der Waals surface area (Å²) in [5.41, 5.74) is 6.42. The second kappa shape index (κ2) is 9.59. The van der Waals surface area contributed by atoms with Gasteiger partial charge in [0.25, 0.3) is 0 Å². The number of piperazine rings is 1. The molecule has 1 aliphatic rings. The van der Waals surface area contributed by atoms with Crippen LogP contribution in [0.4, 0.5) is 5.69 Å². The number of hydroxylamine groups is 1. The van der Waals surface area contributed by atoms with Crippen LogP contribution in [0.15, 0.2) is 53.1 Å². The molecule has 2 aromatic carbocycles. The lowest BCUT2D eigenvalue weighted by molar-refractivity contribution is 0.0678. The largest absolute Gasteiger partial charge is 0.451 e. The summed E-state index contributed by atoms with van der Waals surface area (Å²) in [6, 6.07) is 15.6. The van der Waals surface area contributed by atoms with Crippen molar-refractivity contribution in [3.8, 4) is 6.07 Å². The van der Waals surface area contributed by atoms with E-state index in [1.807, 2.05) is 36.4 Å². The highest BCUT2D eigenvalue weighted by Gasteiger charge is 2.18. The van der Waals surface area contributed by atoms with Gasteiger partial charge in [-0.1, -0.05) is 0 Å². The van der Waals surface area contributed by atoms with E-state index in [1.165, 1.54) is 5.56 Å². The van der Waals surface area contributed by atoms with Crippen LogP contribution in [0.1, 0.15) is 34.5 Å². The predicted octanol–water partition coefficient (Wildman–Crippen LogP) is 4.05. The number of benzene rings is 2. The molecule has 34 heavy (non-hydrogen) atoms. The van der Waals surface area contributed by atoms with E-state index in [0.29, 0.717) is 11.1 Å². The fourth-order valence-electron chi connectivity index (χ4n) is 4.73. The van der Waals surface area contributed by atoms with Crippen molar-refractivity contribution in [2.75, 3.05) is 37.6 Å². The molecule has 1 amide bonds. The number of nitrogens with one attached hydrogen (secondary N) is 2. The molecule has 0 spiro atoms. The number of rotatable bonds is 7. The van der Waals surface area contributed by atoms with E-state index in [9.17, 15) is 4.79 Å². The van der Waals surface area contributed by atoms with Gasteiger partial charge >= 0.3 is 5.91 Å². The molecule has 0 saturated carbocycles. The van der Waals surface area contributed by atoms with Crippen molar-refractivity contribution in [2.24, 2.45) is 0 Å². The van der Waals surface area contributed by atoms with Crippen LogP contribution in [-0.4, -0.2) is 53.7 Å². The van der Waals surface area contributed by atoms with Crippen molar-refractivity contribution in [2.45, 2.75) is 19.3 Å². The highest BCUT2D eigenvalue weighted by atomic mass is 16.5. The van der Waals surface area contributed by atoms with E-state index in [2.05, 4.69) is 27.0 Å². The number of nitrogens with zero attached hydrogens (tertiary/aromatic N) is 3. The lowest BCUT2D eigenvalue weighted by Crippen LogP contribution is -2.46. The number of furan rings is 1. The predicted molar refractivity (Wildman–Crippen MR) is 130 cm³/mol. The first kappa shape index (κ1) is 22.0. The van der Waals surface area contributed by atoms with Gasteiger partial charge in [-0.2, -0.15) is 5.26 Å². The summed E-state index contributed by atoms with van der Waals surface area (Å²) in [6.45, 7) is 5.01. The van der Waals surface area contributed by atoms with Gasteiger partial charge in [0.05, 0.1) is 11.6 Å². The maximum absolute atomic E-state index is 11.6. The number of amides is 1. The minimum atomic E-state index is -0.650. The molecule has 8 nitrogen and oxygen atoms in total. The molecule has 8 heteroatoms. The third kappa shape index (κ3) is 4.49. The molecule has 0 bridgehead atoms. The second-order valence-electron chi connectivity index (χ2n) is 8.75. The zero-order valence-corrected chi connectivity index (χ0v) is 18.9. The standard InChI is InChI=1S/C26H27N5O3/c27-16-18-4-6-23-22(13-18)19(17-28-23)3-1-2-8-30-9-11-31(12-10-30)21-5-7-24-20(14-21)15-25(34-24)26(32)29-33/h4-7,13-15,17,28,33H,1-3,8-12H2,(H,29,32). The monoisotopic (exact) mass is 457 g/mol. The van der Waals surface area contributed by atoms with Crippen LogP contribution < -0.4 is 10.4 Å². The van der Waals surface area contributed by atoms with Gasteiger partial charge in [-0.15, -0.1) is 0 Å². The van der Waals surface area contributed by atoms with Crippen LogP contribution in [0.25, 0.3) is 21.9 Å². The van der Waals surface area contributed by atoms with Crippen LogP contribution in [0.3, 0.4) is 0 Å². The summed E-state index contributed by atoms with van der Waals surface area (Å²) >= 11 is 0. The molecule has 1 fully saturated rings. The van der Waals surface area contributed by atoms with Gasteiger partial charge in [-0.05, 0) is 73.8 Å². The SMILES string of the molecule is N#Cc1ccc2[nH]cc(CCCCN3CCN(c4ccc5oc(C(=O)NO)cc5c4)CC3)c2c1. The number of anilines is 1. The van der Waals surface area contributed by atoms with Gasteiger partial charge in [0.2, 0.25) is 0 Å². The zero-order valence-electron chi connectivity index (χ0n) is 18.9. The minimum absolute atomic E-state index is 0.0950. The fraction of sp³-hybridized carbons (Fsp3) is 0.308. The number of fused-ring (bicyclic) bond motifs is 2. The fourth-order valence-corrected chi connectivity index (χ4v) is 4.73. The second-order valence-corrected chi connectivity index (χ2v) is 8.75. The topological polar surface area (TPSA) is 109 Å². The quantitative estimate of drug-likeness (QED) is 0.220. The van der Waals surface area contributed by atoms with Crippen molar-refractivity contribution >= 4 is 33.5 Å². The maximum Gasteiger partial charge on any atom is 0.310 e. The molecule has 0 radical (unpaired) electrons. The molecule has 3 heterocycles. The number of unbranched alkanes of at least 4 members (excludes halogenated alkanes) is 1. The average molecular weight is 458 g/mol. The number of aromatic amines is 1. The first-order chi connectivity index (χ1) is 16.6. The van der Waals surface area contributed by atoms with Gasteiger partial charge in [0, 0.05) is 54.4 Å². The number of aromatic nitrogens is 1. The van der Waals surface area contributed by atoms with Crippen LogP contribution in [-0.2, 0) is 6.42 Å². The molecular formula is C26H27N5O3. The molecule has 5 rings (SSSR count). The van der Waals surface area contributed by atoms with Crippen LogP contribution in [0.5, 0.6) is 0 Å². The Labute approximate surface area is 197 Å². The maximum atomic E-state index is 11.6. The van der Waals surface area contributed by atoms with Crippen molar-refractivity contribution in [1.29, 1.82) is 5.26 Å². The number of nitriles is 1. The summed E-state index contributed by atoms with van der Waals surface area (Å²) in [5.74, 6) is -0.555. The minimum Gasteiger partial charge on any atom is -0.451 e. The van der Waals surface area contributed by atoms with Crippen molar-refractivity contribution in [1.82, 2.24) is 15.4 Å². The Morgan fingerprint density at radius 3 is 2.76 bits per heavy atom. The van der Waals surface area contributed by atoms with Crippen LogP contribution in [0, 0.1) is 11.3 Å². The number of hydrogen-bond donors (Lipinski definition) is 3. The Balaban J connectivity index is 1.11. The van der Waals surface area contributed by atoms with Crippen molar-refractivity contribution in [3.63, 3.8) is 0 Å². The number of carbonyl (C=O) groups is 1. The van der Waals surface area contributed by atoms with Gasteiger partial charge in [0.1, 0.15) is 5.58 Å². The molecule has 0 atom stereocenters. The lowest BCUT2D eigenvalue weighted by atomic mass is 10.1. The van der Waals surface area contributed by atoms with Crippen LogP contribution in [0.2, 0.25) is 0 Å². The Kier molecular flexibility index (Phi) is 6.21. The van der Waals surface area contributed by atoms with Gasteiger partial charge in [-0.3, -0.25) is 14.9 Å². The average Bonchev–Trinajstić information content (AvgIpc) is 3.49. The third-order valence-electron chi connectivity index (χ3n) is 6.63. The molecule has 3 N–H and O–H groups in total. The first-order valence-corrected chi connectivity index (χ1v) is 11.6. The molecule has 1 aliphatic heterocycles. The highest BCUT2D eigenvalue weighted by molar-refractivity contribution is 5.96. The molecule has 0 aliphatic carbocycles. The molecule has 4 aromatic rings. The normalized spacial score (nSPS) is 14.5. The Morgan fingerprint density at radius 2 is 1.97 bits per heavy atom. The summed E-state index contributed by atoms with van der Waals surface area (Å²) in [5, 5.41) is 20.0. The number of hydrogen-bond acceptors (Lipinski definition) is 6. The number of aryl methyl sites for hydroxylation is 1. The first-order valence-electron chi connectivity index (χ1n) is 11.6. The van der Waals surface area contributed by atoms with Crippen molar-refractivity contribution in [3.05, 3.63) is 65.5 Å². The Morgan fingerprint density at radius 1 is 1.12 bits per heavy atom. The van der Waals surface area contributed by atoms with E-state index in [1.54, 1.807) is 11.5 Å². The Hall–Kier alpha value is -3.80. The summed E-state index contributed by atoms with van der Waals surface area (Å²) in [4.78, 5) is 19.8.